The highest BCUT2D eigenvalue weighted by atomic mass is 16.5. The van der Waals surface area contributed by atoms with Crippen LogP contribution in [0.1, 0.15) is 60.5 Å². The molecule has 1 saturated heterocycles. The zero-order valence-corrected chi connectivity index (χ0v) is 14.8. The standard InChI is InChI=1S/C19H25N3O4/c20-18(23)13-5-6-25-16(8-13)22-19(24)17-15(26-10-11-1-2-11)7-14(9-21-17)12-3-4-12/h7,9,11-13,16H,1-6,8,10H2,(H2,20,23)(H,22,24). The molecule has 0 bridgehead atoms. The fourth-order valence-electron chi connectivity index (χ4n) is 3.24. The number of pyridine rings is 1. The van der Waals surface area contributed by atoms with E-state index in [2.05, 4.69) is 10.3 Å². The lowest BCUT2D eigenvalue weighted by molar-refractivity contribution is -0.127. The monoisotopic (exact) mass is 359 g/mol. The maximum atomic E-state index is 12.7. The van der Waals surface area contributed by atoms with E-state index in [9.17, 15) is 9.59 Å². The van der Waals surface area contributed by atoms with Crippen molar-refractivity contribution in [3.05, 3.63) is 23.5 Å². The summed E-state index contributed by atoms with van der Waals surface area (Å²) in [6.45, 7) is 1.03. The van der Waals surface area contributed by atoms with Gasteiger partial charge in [-0.25, -0.2) is 4.98 Å². The van der Waals surface area contributed by atoms with Gasteiger partial charge in [0.15, 0.2) is 11.4 Å². The molecule has 2 unspecified atom stereocenters. The number of hydrogen-bond acceptors (Lipinski definition) is 5. The van der Waals surface area contributed by atoms with Gasteiger partial charge >= 0.3 is 0 Å². The van der Waals surface area contributed by atoms with Gasteiger partial charge in [0.2, 0.25) is 5.91 Å². The van der Waals surface area contributed by atoms with Crippen molar-refractivity contribution in [3.63, 3.8) is 0 Å². The highest BCUT2D eigenvalue weighted by Crippen LogP contribution is 2.41. The summed E-state index contributed by atoms with van der Waals surface area (Å²) in [5.74, 6) is 0.710. The van der Waals surface area contributed by atoms with Gasteiger partial charge in [-0.15, -0.1) is 0 Å². The summed E-state index contributed by atoms with van der Waals surface area (Å²) in [7, 11) is 0. The Morgan fingerprint density at radius 1 is 1.27 bits per heavy atom. The van der Waals surface area contributed by atoms with Crippen LogP contribution in [0.2, 0.25) is 0 Å². The minimum Gasteiger partial charge on any atom is -0.491 e. The van der Waals surface area contributed by atoms with Crippen molar-refractivity contribution >= 4 is 11.8 Å². The fourth-order valence-corrected chi connectivity index (χ4v) is 3.24. The zero-order valence-electron chi connectivity index (χ0n) is 14.8. The van der Waals surface area contributed by atoms with Crippen molar-refractivity contribution in [2.75, 3.05) is 13.2 Å². The molecule has 4 rings (SSSR count). The third-order valence-electron chi connectivity index (χ3n) is 5.29. The van der Waals surface area contributed by atoms with E-state index < -0.39 is 6.23 Å². The molecule has 0 aromatic carbocycles. The van der Waals surface area contributed by atoms with E-state index in [-0.39, 0.29) is 23.4 Å². The van der Waals surface area contributed by atoms with Gasteiger partial charge in [-0.3, -0.25) is 9.59 Å². The second kappa shape index (κ2) is 7.23. The van der Waals surface area contributed by atoms with Gasteiger partial charge < -0.3 is 20.5 Å². The van der Waals surface area contributed by atoms with Gasteiger partial charge in [0.25, 0.3) is 5.91 Å². The molecular weight excluding hydrogens is 334 g/mol. The van der Waals surface area contributed by atoms with E-state index in [4.69, 9.17) is 15.2 Å². The number of nitrogens with two attached hydrogens (primary N) is 1. The van der Waals surface area contributed by atoms with Crippen LogP contribution in [0.25, 0.3) is 0 Å². The molecule has 1 aromatic rings. The quantitative estimate of drug-likeness (QED) is 0.771. The van der Waals surface area contributed by atoms with E-state index >= 15 is 0 Å². The van der Waals surface area contributed by atoms with Crippen LogP contribution in [0.4, 0.5) is 0 Å². The number of ether oxygens (including phenoxy) is 2. The van der Waals surface area contributed by atoms with Gasteiger partial charge in [-0.05, 0) is 55.6 Å². The number of amides is 2. The molecule has 0 radical (unpaired) electrons. The largest absolute Gasteiger partial charge is 0.491 e. The molecular formula is C19H25N3O4. The lowest BCUT2D eigenvalue weighted by Crippen LogP contribution is -2.44. The molecule has 1 aromatic heterocycles. The SMILES string of the molecule is NC(=O)C1CCOC(NC(=O)c2ncc(C3CC3)cc2OCC2CC2)C1. The van der Waals surface area contributed by atoms with Crippen molar-refractivity contribution in [2.45, 2.75) is 50.7 Å². The molecule has 0 spiro atoms. The Kier molecular flexibility index (Phi) is 4.80. The number of carbonyl (C=O) groups is 2. The summed E-state index contributed by atoms with van der Waals surface area (Å²) >= 11 is 0. The second-order valence-electron chi connectivity index (χ2n) is 7.60. The minimum atomic E-state index is -0.532. The molecule has 140 valence electrons. The minimum absolute atomic E-state index is 0.273. The smallest absolute Gasteiger partial charge is 0.275 e. The molecule has 2 atom stereocenters. The normalized spacial score (nSPS) is 25.5. The molecule has 3 aliphatic rings. The molecule has 7 heteroatoms. The Hall–Kier alpha value is -2.15. The van der Waals surface area contributed by atoms with E-state index in [1.165, 1.54) is 25.7 Å². The number of nitrogens with zero attached hydrogens (tertiary/aromatic N) is 1. The van der Waals surface area contributed by atoms with E-state index in [0.29, 0.717) is 43.6 Å². The summed E-state index contributed by atoms with van der Waals surface area (Å²) in [5, 5.41) is 2.82. The Morgan fingerprint density at radius 2 is 2.08 bits per heavy atom. The van der Waals surface area contributed by atoms with E-state index in [0.717, 1.165) is 5.56 Å². The third-order valence-corrected chi connectivity index (χ3v) is 5.29. The average Bonchev–Trinajstić information content (AvgIpc) is 3.54. The lowest BCUT2D eigenvalue weighted by atomic mass is 9.98. The molecule has 26 heavy (non-hydrogen) atoms. The van der Waals surface area contributed by atoms with E-state index in [1.54, 1.807) is 6.20 Å². The van der Waals surface area contributed by atoms with Gasteiger partial charge in [0.05, 0.1) is 6.61 Å². The average molecular weight is 359 g/mol. The highest BCUT2D eigenvalue weighted by molar-refractivity contribution is 5.95. The molecule has 2 amide bonds. The topological polar surface area (TPSA) is 104 Å². The van der Waals surface area contributed by atoms with Crippen LogP contribution in [0.3, 0.4) is 0 Å². The highest BCUT2D eigenvalue weighted by Gasteiger charge is 2.30. The number of primary amides is 1. The molecule has 2 saturated carbocycles. The third kappa shape index (κ3) is 4.15. The van der Waals surface area contributed by atoms with Crippen LogP contribution in [0.5, 0.6) is 5.75 Å². The fraction of sp³-hybridized carbons (Fsp3) is 0.632. The summed E-state index contributed by atoms with van der Waals surface area (Å²) in [4.78, 5) is 28.5. The van der Waals surface area contributed by atoms with Gasteiger partial charge in [-0.1, -0.05) is 0 Å². The van der Waals surface area contributed by atoms with Crippen LogP contribution < -0.4 is 15.8 Å². The molecule has 3 fully saturated rings. The number of carbonyl (C=O) groups excluding carboxylic acids is 2. The van der Waals surface area contributed by atoms with Crippen LogP contribution in [0, 0.1) is 11.8 Å². The second-order valence-corrected chi connectivity index (χ2v) is 7.60. The maximum Gasteiger partial charge on any atom is 0.275 e. The van der Waals surface area contributed by atoms with Gasteiger partial charge in [-0.2, -0.15) is 0 Å². The first-order chi connectivity index (χ1) is 12.6. The summed E-state index contributed by atoms with van der Waals surface area (Å²) in [5.41, 5.74) is 6.79. The maximum absolute atomic E-state index is 12.7. The Balaban J connectivity index is 1.45. The molecule has 2 aliphatic carbocycles. The molecule has 1 aliphatic heterocycles. The summed E-state index contributed by atoms with van der Waals surface area (Å²) in [6, 6.07) is 1.95. The first-order valence-corrected chi connectivity index (χ1v) is 9.44. The number of nitrogens with one attached hydrogen (secondary N) is 1. The lowest BCUT2D eigenvalue weighted by Gasteiger charge is -2.28. The van der Waals surface area contributed by atoms with Crippen molar-refractivity contribution in [2.24, 2.45) is 17.6 Å². The van der Waals surface area contributed by atoms with Gasteiger partial charge in [0, 0.05) is 25.1 Å². The van der Waals surface area contributed by atoms with Crippen molar-refractivity contribution in [3.8, 4) is 5.75 Å². The Labute approximate surface area is 152 Å². The number of rotatable bonds is 7. The van der Waals surface area contributed by atoms with Crippen LogP contribution >= 0.6 is 0 Å². The molecule has 7 nitrogen and oxygen atoms in total. The molecule has 3 N–H and O–H groups in total. The zero-order chi connectivity index (χ0) is 18.1. The van der Waals surface area contributed by atoms with Crippen LogP contribution in [0.15, 0.2) is 12.3 Å². The Morgan fingerprint density at radius 3 is 2.77 bits per heavy atom. The predicted octanol–water partition coefficient (Wildman–Crippen LogP) is 1.72. The Bertz CT molecular complexity index is 700. The van der Waals surface area contributed by atoms with Crippen LogP contribution in [-0.2, 0) is 9.53 Å². The number of aromatic nitrogens is 1. The molecule has 2 heterocycles. The summed E-state index contributed by atoms with van der Waals surface area (Å²) < 4.78 is 11.5. The van der Waals surface area contributed by atoms with E-state index in [1.807, 2.05) is 6.07 Å². The van der Waals surface area contributed by atoms with Crippen molar-refractivity contribution in [1.29, 1.82) is 0 Å². The van der Waals surface area contributed by atoms with Crippen molar-refractivity contribution < 1.29 is 19.1 Å². The first-order valence-electron chi connectivity index (χ1n) is 9.44. The van der Waals surface area contributed by atoms with Gasteiger partial charge in [0.1, 0.15) is 6.23 Å². The van der Waals surface area contributed by atoms with Crippen LogP contribution in [-0.4, -0.2) is 36.2 Å². The predicted molar refractivity (Wildman–Crippen MR) is 93.6 cm³/mol. The van der Waals surface area contributed by atoms with Crippen molar-refractivity contribution in [1.82, 2.24) is 10.3 Å². The first kappa shape index (κ1) is 17.3. The number of hydrogen-bond donors (Lipinski definition) is 2. The summed E-state index contributed by atoms with van der Waals surface area (Å²) in [6.07, 6.45) is 6.91.